The largest absolute Gasteiger partial charge is 0.316 e. The van der Waals surface area contributed by atoms with Gasteiger partial charge in [-0.15, -0.1) is 0 Å². The maximum atomic E-state index is 3.52. The summed E-state index contributed by atoms with van der Waals surface area (Å²) in [5, 5.41) is 3.52. The van der Waals surface area contributed by atoms with Crippen LogP contribution in [0.2, 0.25) is 0 Å². The van der Waals surface area contributed by atoms with Gasteiger partial charge >= 0.3 is 0 Å². The molecule has 1 N–H and O–H groups in total. The third kappa shape index (κ3) is 7.07. The number of hydrogen-bond acceptors (Lipinski definition) is 2. The number of hydrogen-bond donors (Lipinski definition) is 1. The maximum Gasteiger partial charge on any atom is 0.0187 e. The topological polar surface area (TPSA) is 12.0 Å². The average molecular weight is 265 g/mol. The molecule has 0 aliphatic heterocycles. The summed E-state index contributed by atoms with van der Waals surface area (Å²) in [7, 11) is 0. The fourth-order valence-electron chi connectivity index (χ4n) is 1.69. The molecule has 0 amide bonds. The first-order valence-electron chi connectivity index (χ1n) is 6.82. The van der Waals surface area contributed by atoms with Crippen molar-refractivity contribution < 1.29 is 0 Å². The van der Waals surface area contributed by atoms with Crippen molar-refractivity contribution in [2.24, 2.45) is 5.41 Å². The molecule has 1 aromatic carbocycles. The molecule has 0 heterocycles. The lowest BCUT2D eigenvalue weighted by atomic mass is 9.92. The van der Waals surface area contributed by atoms with Crippen LogP contribution in [-0.2, 0) is 5.75 Å². The fourth-order valence-corrected chi connectivity index (χ4v) is 2.66. The van der Waals surface area contributed by atoms with Crippen molar-refractivity contribution in [3.05, 3.63) is 35.4 Å². The smallest absolute Gasteiger partial charge is 0.0187 e. The lowest BCUT2D eigenvalue weighted by Crippen LogP contribution is -2.22. The number of thioether (sulfide) groups is 1. The van der Waals surface area contributed by atoms with Gasteiger partial charge in [0.1, 0.15) is 0 Å². The summed E-state index contributed by atoms with van der Waals surface area (Å²) in [6.07, 6.45) is 1.25. The van der Waals surface area contributed by atoms with E-state index in [1.807, 2.05) is 11.8 Å². The molecule has 0 bridgehead atoms. The third-order valence-electron chi connectivity index (χ3n) is 2.99. The SMILES string of the molecule is Cc1ccccc1CSCCNCCC(C)(C)C. The van der Waals surface area contributed by atoms with E-state index in [0.717, 1.165) is 18.8 Å². The molecule has 0 aliphatic carbocycles. The number of benzene rings is 1. The van der Waals surface area contributed by atoms with Crippen molar-refractivity contribution in [2.75, 3.05) is 18.8 Å². The molecule has 18 heavy (non-hydrogen) atoms. The van der Waals surface area contributed by atoms with Crippen LogP contribution in [0.3, 0.4) is 0 Å². The van der Waals surface area contributed by atoms with Gasteiger partial charge in [0.2, 0.25) is 0 Å². The molecule has 0 saturated carbocycles. The van der Waals surface area contributed by atoms with E-state index < -0.39 is 0 Å². The van der Waals surface area contributed by atoms with Gasteiger partial charge in [0.15, 0.2) is 0 Å². The Kier molecular flexibility index (Phi) is 6.80. The first kappa shape index (κ1) is 15.6. The van der Waals surface area contributed by atoms with Gasteiger partial charge in [0, 0.05) is 18.1 Å². The van der Waals surface area contributed by atoms with Gasteiger partial charge < -0.3 is 5.32 Å². The zero-order valence-corrected chi connectivity index (χ0v) is 13.1. The normalized spacial score (nSPS) is 11.8. The molecule has 0 fully saturated rings. The highest BCUT2D eigenvalue weighted by atomic mass is 32.2. The Morgan fingerprint density at radius 3 is 2.50 bits per heavy atom. The van der Waals surface area contributed by atoms with Gasteiger partial charge in [-0.05, 0) is 36.4 Å². The van der Waals surface area contributed by atoms with Gasteiger partial charge in [0.25, 0.3) is 0 Å². The summed E-state index contributed by atoms with van der Waals surface area (Å²) >= 11 is 2.02. The lowest BCUT2D eigenvalue weighted by Gasteiger charge is -2.18. The second kappa shape index (κ2) is 7.85. The van der Waals surface area contributed by atoms with Crippen LogP contribution in [-0.4, -0.2) is 18.8 Å². The molecule has 1 aromatic rings. The van der Waals surface area contributed by atoms with Crippen molar-refractivity contribution >= 4 is 11.8 Å². The monoisotopic (exact) mass is 265 g/mol. The van der Waals surface area contributed by atoms with E-state index in [4.69, 9.17) is 0 Å². The van der Waals surface area contributed by atoms with Crippen molar-refractivity contribution in [3.8, 4) is 0 Å². The predicted molar refractivity (Wildman–Crippen MR) is 84.3 cm³/mol. The molecule has 0 atom stereocenters. The van der Waals surface area contributed by atoms with Crippen molar-refractivity contribution in [1.82, 2.24) is 5.32 Å². The quantitative estimate of drug-likeness (QED) is 0.740. The maximum absolute atomic E-state index is 3.52. The second-order valence-electron chi connectivity index (χ2n) is 6.04. The van der Waals surface area contributed by atoms with E-state index in [1.54, 1.807) is 0 Å². The number of nitrogens with one attached hydrogen (secondary N) is 1. The van der Waals surface area contributed by atoms with Crippen LogP contribution >= 0.6 is 11.8 Å². The summed E-state index contributed by atoms with van der Waals surface area (Å²) in [5.74, 6) is 2.33. The first-order chi connectivity index (χ1) is 8.49. The van der Waals surface area contributed by atoms with E-state index in [9.17, 15) is 0 Å². The van der Waals surface area contributed by atoms with Gasteiger partial charge in [-0.1, -0.05) is 45.0 Å². The van der Waals surface area contributed by atoms with Gasteiger partial charge in [-0.3, -0.25) is 0 Å². The van der Waals surface area contributed by atoms with Gasteiger partial charge in [0.05, 0.1) is 0 Å². The fraction of sp³-hybridized carbons (Fsp3) is 0.625. The molecular weight excluding hydrogens is 238 g/mol. The van der Waals surface area contributed by atoms with Crippen LogP contribution in [0, 0.1) is 12.3 Å². The summed E-state index contributed by atoms with van der Waals surface area (Å²) in [4.78, 5) is 0. The molecule has 102 valence electrons. The van der Waals surface area contributed by atoms with Crippen LogP contribution < -0.4 is 5.32 Å². The summed E-state index contributed by atoms with van der Waals surface area (Å²) in [6.45, 7) is 11.3. The molecule has 0 spiro atoms. The summed E-state index contributed by atoms with van der Waals surface area (Å²) in [6, 6.07) is 8.66. The zero-order chi connectivity index (χ0) is 13.4. The second-order valence-corrected chi connectivity index (χ2v) is 7.14. The highest BCUT2D eigenvalue weighted by Crippen LogP contribution is 2.17. The Labute approximate surface area is 117 Å². The molecular formula is C16H27NS. The van der Waals surface area contributed by atoms with Crippen LogP contribution in [0.15, 0.2) is 24.3 Å². The standard InChI is InChI=1S/C16H27NS/c1-14-7-5-6-8-15(14)13-18-12-11-17-10-9-16(2,3)4/h5-8,17H,9-13H2,1-4H3. The Hall–Kier alpha value is -0.470. The summed E-state index contributed by atoms with van der Waals surface area (Å²) in [5.41, 5.74) is 3.32. The Morgan fingerprint density at radius 1 is 1.11 bits per heavy atom. The summed E-state index contributed by atoms with van der Waals surface area (Å²) < 4.78 is 0. The first-order valence-corrected chi connectivity index (χ1v) is 7.97. The minimum Gasteiger partial charge on any atom is -0.316 e. The minimum atomic E-state index is 0.446. The Morgan fingerprint density at radius 2 is 1.83 bits per heavy atom. The Balaban J connectivity index is 2.04. The molecule has 1 nitrogen and oxygen atoms in total. The zero-order valence-electron chi connectivity index (χ0n) is 12.3. The predicted octanol–water partition coefficient (Wildman–Crippen LogP) is 4.25. The lowest BCUT2D eigenvalue weighted by molar-refractivity contribution is 0.369. The molecule has 0 saturated heterocycles. The van der Waals surface area contributed by atoms with E-state index in [0.29, 0.717) is 5.41 Å². The third-order valence-corrected chi connectivity index (χ3v) is 4.00. The molecule has 0 radical (unpaired) electrons. The Bertz CT molecular complexity index is 341. The van der Waals surface area contributed by atoms with Crippen LogP contribution in [0.5, 0.6) is 0 Å². The average Bonchev–Trinajstić information content (AvgIpc) is 2.28. The van der Waals surface area contributed by atoms with Crippen LogP contribution in [0.1, 0.15) is 38.3 Å². The van der Waals surface area contributed by atoms with Gasteiger partial charge in [-0.2, -0.15) is 11.8 Å². The van der Waals surface area contributed by atoms with Crippen molar-refractivity contribution in [3.63, 3.8) is 0 Å². The van der Waals surface area contributed by atoms with E-state index in [1.165, 1.54) is 23.3 Å². The van der Waals surface area contributed by atoms with E-state index >= 15 is 0 Å². The molecule has 0 unspecified atom stereocenters. The highest BCUT2D eigenvalue weighted by Gasteiger charge is 2.08. The molecule has 0 aromatic heterocycles. The number of rotatable bonds is 7. The van der Waals surface area contributed by atoms with Crippen LogP contribution in [0.4, 0.5) is 0 Å². The van der Waals surface area contributed by atoms with Crippen molar-refractivity contribution in [1.29, 1.82) is 0 Å². The highest BCUT2D eigenvalue weighted by molar-refractivity contribution is 7.98. The molecule has 2 heteroatoms. The van der Waals surface area contributed by atoms with E-state index in [2.05, 4.69) is 57.3 Å². The minimum absolute atomic E-state index is 0.446. The van der Waals surface area contributed by atoms with Crippen molar-refractivity contribution in [2.45, 2.75) is 39.9 Å². The molecule has 0 aliphatic rings. The van der Waals surface area contributed by atoms with Crippen LogP contribution in [0.25, 0.3) is 0 Å². The van der Waals surface area contributed by atoms with E-state index in [-0.39, 0.29) is 0 Å². The van der Waals surface area contributed by atoms with Gasteiger partial charge in [-0.25, -0.2) is 0 Å². The molecule has 1 rings (SSSR count). The number of aryl methyl sites for hydroxylation is 1.